The lowest BCUT2D eigenvalue weighted by Crippen LogP contribution is -2.37. The zero-order valence-electron chi connectivity index (χ0n) is 18.0. The van der Waals surface area contributed by atoms with Crippen LogP contribution in [0.4, 0.5) is 0 Å². The minimum atomic E-state index is -3.80. The summed E-state index contributed by atoms with van der Waals surface area (Å²) >= 11 is 0. The largest absolute Gasteiger partial charge is 0.497 e. The van der Waals surface area contributed by atoms with E-state index in [0.717, 1.165) is 18.4 Å². The van der Waals surface area contributed by atoms with Gasteiger partial charge < -0.3 is 19.1 Å². The molecule has 0 radical (unpaired) electrons. The van der Waals surface area contributed by atoms with Crippen LogP contribution in [0.5, 0.6) is 11.5 Å². The van der Waals surface area contributed by atoms with Gasteiger partial charge in [-0.25, -0.2) is 13.1 Å². The zero-order valence-corrected chi connectivity index (χ0v) is 18.8. The molecule has 9 heteroatoms. The summed E-state index contributed by atoms with van der Waals surface area (Å²) in [5.41, 5.74) is 1.16. The highest BCUT2D eigenvalue weighted by Crippen LogP contribution is 2.26. The van der Waals surface area contributed by atoms with Gasteiger partial charge in [-0.15, -0.1) is 0 Å². The number of rotatable bonds is 9. The van der Waals surface area contributed by atoms with Gasteiger partial charge in [0.2, 0.25) is 10.0 Å². The van der Waals surface area contributed by atoms with Crippen molar-refractivity contribution >= 4 is 15.9 Å². The number of carbonyl (C=O) groups is 1. The smallest absolute Gasteiger partial charge is 0.254 e. The van der Waals surface area contributed by atoms with Crippen LogP contribution in [0.25, 0.3) is 0 Å². The molecule has 3 rings (SSSR count). The van der Waals surface area contributed by atoms with Crippen molar-refractivity contribution in [1.29, 1.82) is 0 Å². The Balaban J connectivity index is 1.94. The van der Waals surface area contributed by atoms with Crippen LogP contribution in [0.1, 0.15) is 28.8 Å². The Morgan fingerprint density at radius 3 is 2.65 bits per heavy atom. The number of ether oxygens (including phenoxy) is 3. The van der Waals surface area contributed by atoms with E-state index in [2.05, 4.69) is 4.72 Å². The molecular weight excluding hydrogens is 420 g/mol. The molecule has 0 aromatic heterocycles. The third-order valence-electron chi connectivity index (χ3n) is 5.21. The van der Waals surface area contributed by atoms with E-state index in [1.54, 1.807) is 18.1 Å². The molecule has 1 atom stereocenters. The SMILES string of the molecule is CNS(=O)(=O)c1cc(C(=O)N(Cc2cccc(OC)c2)CC2CCCO2)ccc1OC. The molecule has 0 aliphatic carbocycles. The number of methoxy groups -OCH3 is 2. The van der Waals surface area contributed by atoms with Gasteiger partial charge >= 0.3 is 0 Å². The number of hydrogen-bond donors (Lipinski definition) is 1. The maximum atomic E-state index is 13.4. The van der Waals surface area contributed by atoms with Crippen LogP contribution in [0.2, 0.25) is 0 Å². The normalized spacial score (nSPS) is 16.2. The topological polar surface area (TPSA) is 94.2 Å². The zero-order chi connectivity index (χ0) is 22.4. The lowest BCUT2D eigenvalue weighted by molar-refractivity contribution is 0.0507. The molecule has 31 heavy (non-hydrogen) atoms. The molecular formula is C22H28N2O6S. The Hall–Kier alpha value is -2.62. The molecule has 0 bridgehead atoms. The van der Waals surface area contributed by atoms with Crippen LogP contribution >= 0.6 is 0 Å². The summed E-state index contributed by atoms with van der Waals surface area (Å²) in [4.78, 5) is 15.0. The second kappa shape index (κ2) is 10.1. The average molecular weight is 449 g/mol. The molecule has 1 saturated heterocycles. The van der Waals surface area contributed by atoms with Crippen molar-refractivity contribution < 1.29 is 27.4 Å². The first-order valence-electron chi connectivity index (χ1n) is 10.0. The number of sulfonamides is 1. The van der Waals surface area contributed by atoms with Crippen LogP contribution in [0.3, 0.4) is 0 Å². The lowest BCUT2D eigenvalue weighted by Gasteiger charge is -2.26. The van der Waals surface area contributed by atoms with Gasteiger partial charge in [0, 0.05) is 25.3 Å². The first kappa shape index (κ1) is 23.1. The fourth-order valence-electron chi connectivity index (χ4n) is 3.56. The predicted molar refractivity (Wildman–Crippen MR) is 116 cm³/mol. The Morgan fingerprint density at radius 2 is 2.00 bits per heavy atom. The monoisotopic (exact) mass is 448 g/mol. The van der Waals surface area contributed by atoms with Crippen molar-refractivity contribution in [3.05, 3.63) is 53.6 Å². The molecule has 1 amide bonds. The van der Waals surface area contributed by atoms with E-state index in [-0.39, 0.29) is 28.2 Å². The molecule has 1 aliphatic rings. The molecule has 0 saturated carbocycles. The van der Waals surface area contributed by atoms with Crippen molar-refractivity contribution in [3.63, 3.8) is 0 Å². The highest BCUT2D eigenvalue weighted by atomic mass is 32.2. The summed E-state index contributed by atoms with van der Waals surface area (Å²) in [7, 11) is 0.495. The molecule has 8 nitrogen and oxygen atoms in total. The summed E-state index contributed by atoms with van der Waals surface area (Å²) in [6.45, 7) is 1.44. The number of hydrogen-bond acceptors (Lipinski definition) is 6. The molecule has 1 aliphatic heterocycles. The average Bonchev–Trinajstić information content (AvgIpc) is 3.31. The van der Waals surface area contributed by atoms with Crippen molar-refractivity contribution in [2.24, 2.45) is 0 Å². The Labute approximate surface area is 183 Å². The molecule has 1 fully saturated rings. The van der Waals surface area contributed by atoms with Crippen LogP contribution in [0.15, 0.2) is 47.4 Å². The summed E-state index contributed by atoms with van der Waals surface area (Å²) in [5, 5.41) is 0. The van der Waals surface area contributed by atoms with Crippen molar-refractivity contribution in [1.82, 2.24) is 9.62 Å². The van der Waals surface area contributed by atoms with Gasteiger partial charge in [0.1, 0.15) is 16.4 Å². The van der Waals surface area contributed by atoms with Gasteiger partial charge in [-0.05, 0) is 55.8 Å². The third-order valence-corrected chi connectivity index (χ3v) is 6.65. The summed E-state index contributed by atoms with van der Waals surface area (Å²) < 4.78 is 43.3. The number of benzene rings is 2. The number of nitrogens with one attached hydrogen (secondary N) is 1. The van der Waals surface area contributed by atoms with Gasteiger partial charge in [-0.1, -0.05) is 12.1 Å². The van der Waals surface area contributed by atoms with E-state index in [0.29, 0.717) is 25.4 Å². The number of carbonyl (C=O) groups excluding carboxylic acids is 1. The van der Waals surface area contributed by atoms with Crippen LogP contribution in [0, 0.1) is 0 Å². The Kier molecular flexibility index (Phi) is 7.53. The van der Waals surface area contributed by atoms with E-state index in [9.17, 15) is 13.2 Å². The van der Waals surface area contributed by atoms with E-state index in [1.807, 2.05) is 24.3 Å². The highest BCUT2D eigenvalue weighted by Gasteiger charge is 2.26. The second-order valence-electron chi connectivity index (χ2n) is 7.25. The first-order valence-corrected chi connectivity index (χ1v) is 11.5. The fourth-order valence-corrected chi connectivity index (χ4v) is 4.48. The molecule has 1 heterocycles. The van der Waals surface area contributed by atoms with Gasteiger partial charge in [-0.2, -0.15) is 0 Å². The highest BCUT2D eigenvalue weighted by molar-refractivity contribution is 7.89. The van der Waals surface area contributed by atoms with E-state index >= 15 is 0 Å². The Bertz CT molecular complexity index is 1020. The quantitative estimate of drug-likeness (QED) is 0.633. The first-order chi connectivity index (χ1) is 14.9. The Morgan fingerprint density at radius 1 is 1.19 bits per heavy atom. The standard InChI is InChI=1S/C22H28N2O6S/c1-23-31(26,27)21-13-17(9-10-20(21)29-3)22(25)24(15-19-8-5-11-30-19)14-16-6-4-7-18(12-16)28-2/h4,6-7,9-10,12-13,19,23H,5,8,11,14-15H2,1-3H3. The molecule has 2 aromatic rings. The van der Waals surface area contributed by atoms with Gasteiger partial charge in [-0.3, -0.25) is 4.79 Å². The maximum absolute atomic E-state index is 13.4. The number of amides is 1. The second-order valence-corrected chi connectivity index (χ2v) is 9.10. The fraction of sp³-hybridized carbons (Fsp3) is 0.409. The molecule has 0 spiro atoms. The summed E-state index contributed by atoms with van der Waals surface area (Å²) in [5.74, 6) is 0.590. The number of nitrogens with zero attached hydrogens (tertiary/aromatic N) is 1. The van der Waals surface area contributed by atoms with E-state index in [4.69, 9.17) is 14.2 Å². The van der Waals surface area contributed by atoms with Gasteiger partial charge in [0.05, 0.1) is 20.3 Å². The minimum absolute atomic E-state index is 0.0479. The minimum Gasteiger partial charge on any atom is -0.497 e. The molecule has 1 unspecified atom stereocenters. The van der Waals surface area contributed by atoms with Crippen LogP contribution in [-0.2, 0) is 21.3 Å². The van der Waals surface area contributed by atoms with Crippen LogP contribution in [-0.4, -0.2) is 59.7 Å². The lowest BCUT2D eigenvalue weighted by atomic mass is 10.1. The van der Waals surface area contributed by atoms with Crippen molar-refractivity contribution in [2.75, 3.05) is 34.4 Å². The third kappa shape index (κ3) is 5.55. The summed E-state index contributed by atoms with van der Waals surface area (Å²) in [6, 6.07) is 11.9. The molecule has 168 valence electrons. The molecule has 1 N–H and O–H groups in total. The molecule has 2 aromatic carbocycles. The maximum Gasteiger partial charge on any atom is 0.254 e. The van der Waals surface area contributed by atoms with Gasteiger partial charge in [0.25, 0.3) is 5.91 Å². The van der Waals surface area contributed by atoms with Gasteiger partial charge in [0.15, 0.2) is 0 Å². The van der Waals surface area contributed by atoms with Crippen LogP contribution < -0.4 is 14.2 Å². The summed E-state index contributed by atoms with van der Waals surface area (Å²) in [6.07, 6.45) is 1.79. The van der Waals surface area contributed by atoms with E-state index < -0.39 is 10.0 Å². The predicted octanol–water partition coefficient (Wildman–Crippen LogP) is 2.43. The van der Waals surface area contributed by atoms with E-state index in [1.165, 1.54) is 26.3 Å². The van der Waals surface area contributed by atoms with Crippen molar-refractivity contribution in [2.45, 2.75) is 30.4 Å². The van der Waals surface area contributed by atoms with Crippen molar-refractivity contribution in [3.8, 4) is 11.5 Å².